The Morgan fingerprint density at radius 2 is 1.85 bits per heavy atom. The minimum atomic E-state index is -0.997. The molecule has 3 aromatic rings. The van der Waals surface area contributed by atoms with E-state index in [2.05, 4.69) is 15.9 Å². The molecule has 1 aliphatic rings. The summed E-state index contributed by atoms with van der Waals surface area (Å²) in [4.78, 5) is 37.7. The summed E-state index contributed by atoms with van der Waals surface area (Å²) in [5.41, 5.74) is 2.09. The predicted molar refractivity (Wildman–Crippen MR) is 132 cm³/mol. The van der Waals surface area contributed by atoms with Gasteiger partial charge in [0.1, 0.15) is 12.4 Å². The summed E-state index contributed by atoms with van der Waals surface area (Å²) in [5.74, 6) is -0.841. The average molecular weight is 545 g/mol. The van der Waals surface area contributed by atoms with E-state index in [1.54, 1.807) is 66.7 Å². The lowest BCUT2D eigenvalue weighted by atomic mass is 10.1. The maximum Gasteiger partial charge on any atom is 0.335 e. The monoisotopic (exact) mass is 543 g/mol. The predicted octanol–water partition coefficient (Wildman–Crippen LogP) is 6.62. The fourth-order valence-electron chi connectivity index (χ4n) is 3.11. The highest BCUT2D eigenvalue weighted by Gasteiger charge is 2.36. The molecule has 166 valence electrons. The molecule has 4 rings (SSSR count). The molecule has 0 aromatic heterocycles. The number of ether oxygens (including phenoxy) is 1. The summed E-state index contributed by atoms with van der Waals surface area (Å²) in [6, 6.07) is 18.3. The van der Waals surface area contributed by atoms with Gasteiger partial charge in [-0.05, 0) is 93.4 Å². The lowest BCUT2D eigenvalue weighted by Crippen LogP contribution is -2.27. The first-order valence-electron chi connectivity index (χ1n) is 9.60. The van der Waals surface area contributed by atoms with Crippen LogP contribution < -0.4 is 9.64 Å². The number of anilines is 1. The fourth-order valence-corrected chi connectivity index (χ4v) is 4.59. The van der Waals surface area contributed by atoms with E-state index in [4.69, 9.17) is 21.4 Å². The van der Waals surface area contributed by atoms with Crippen molar-refractivity contribution < 1.29 is 24.2 Å². The Morgan fingerprint density at radius 3 is 2.55 bits per heavy atom. The zero-order valence-electron chi connectivity index (χ0n) is 16.8. The highest BCUT2D eigenvalue weighted by molar-refractivity contribution is 9.10. The first-order chi connectivity index (χ1) is 15.8. The molecule has 9 heteroatoms. The third kappa shape index (κ3) is 5.30. The fraction of sp³-hybridized carbons (Fsp3) is 0.0417. The second-order valence-electron chi connectivity index (χ2n) is 6.98. The van der Waals surface area contributed by atoms with Gasteiger partial charge < -0.3 is 9.84 Å². The van der Waals surface area contributed by atoms with Gasteiger partial charge in [0, 0.05) is 5.02 Å². The second kappa shape index (κ2) is 9.82. The topological polar surface area (TPSA) is 83.9 Å². The number of carboxylic acids is 1. The number of imide groups is 1. The number of nitrogens with zero attached hydrogens (tertiary/aromatic N) is 1. The van der Waals surface area contributed by atoms with E-state index < -0.39 is 11.9 Å². The number of hydrogen-bond acceptors (Lipinski definition) is 5. The number of amides is 2. The van der Waals surface area contributed by atoms with Crippen molar-refractivity contribution in [3.05, 3.63) is 97.8 Å². The number of carbonyl (C=O) groups is 3. The largest absolute Gasteiger partial charge is 0.488 e. The molecule has 33 heavy (non-hydrogen) atoms. The molecule has 1 heterocycles. The lowest BCUT2D eigenvalue weighted by Gasteiger charge is -2.12. The van der Waals surface area contributed by atoms with Crippen LogP contribution >= 0.6 is 39.3 Å². The van der Waals surface area contributed by atoms with Crippen LogP contribution in [0.1, 0.15) is 21.5 Å². The molecule has 0 spiro atoms. The normalized spacial score (nSPS) is 14.7. The number of hydrogen-bond donors (Lipinski definition) is 1. The zero-order valence-corrected chi connectivity index (χ0v) is 20.0. The maximum absolute atomic E-state index is 12.8. The molecule has 1 N–H and O–H groups in total. The molecule has 3 aromatic carbocycles. The number of halogens is 2. The standard InChI is InChI=1S/C24H15BrClNO5S/c25-19-11-14(4-9-20(19)32-13-15-2-1-3-16(10-15)23(29)30)12-21-22(28)27(24(31)33-21)18-7-5-17(26)6-8-18/h1-12H,13H2,(H,29,30)/b21-12+. The van der Waals surface area contributed by atoms with Crippen LogP contribution in [0.2, 0.25) is 5.02 Å². The summed E-state index contributed by atoms with van der Waals surface area (Å²) < 4.78 is 6.45. The van der Waals surface area contributed by atoms with Crippen molar-refractivity contribution in [2.24, 2.45) is 0 Å². The summed E-state index contributed by atoms with van der Waals surface area (Å²) in [7, 11) is 0. The van der Waals surface area contributed by atoms with E-state index >= 15 is 0 Å². The third-order valence-electron chi connectivity index (χ3n) is 4.70. The van der Waals surface area contributed by atoms with Gasteiger partial charge in [-0.2, -0.15) is 0 Å². The van der Waals surface area contributed by atoms with E-state index in [9.17, 15) is 14.4 Å². The lowest BCUT2D eigenvalue weighted by molar-refractivity contribution is -0.113. The van der Waals surface area contributed by atoms with Crippen LogP contribution in [-0.4, -0.2) is 22.2 Å². The first-order valence-corrected chi connectivity index (χ1v) is 11.6. The summed E-state index contributed by atoms with van der Waals surface area (Å²) in [5, 5.41) is 9.24. The van der Waals surface area contributed by atoms with Crippen LogP contribution in [0.3, 0.4) is 0 Å². The van der Waals surface area contributed by atoms with Gasteiger partial charge in [0.2, 0.25) is 0 Å². The van der Waals surface area contributed by atoms with Crippen molar-refractivity contribution >= 4 is 68.2 Å². The molecule has 0 radical (unpaired) electrons. The molecule has 0 unspecified atom stereocenters. The Bertz CT molecular complexity index is 1290. The first kappa shape index (κ1) is 23.1. The summed E-state index contributed by atoms with van der Waals surface area (Å²) in [6.45, 7) is 0.193. The number of carboxylic acid groups (broad SMARTS) is 1. The highest BCUT2D eigenvalue weighted by Crippen LogP contribution is 2.37. The van der Waals surface area contributed by atoms with Crippen LogP contribution in [0.5, 0.6) is 5.75 Å². The van der Waals surface area contributed by atoms with Crippen LogP contribution in [0.25, 0.3) is 6.08 Å². The summed E-state index contributed by atoms with van der Waals surface area (Å²) in [6.07, 6.45) is 1.64. The molecule has 0 saturated carbocycles. The van der Waals surface area contributed by atoms with Crippen molar-refractivity contribution in [1.82, 2.24) is 0 Å². The molecule has 1 saturated heterocycles. The van der Waals surface area contributed by atoms with E-state index in [1.165, 1.54) is 6.07 Å². The average Bonchev–Trinajstić information content (AvgIpc) is 3.07. The van der Waals surface area contributed by atoms with Crippen LogP contribution in [0.4, 0.5) is 10.5 Å². The van der Waals surface area contributed by atoms with Gasteiger partial charge in [-0.25, -0.2) is 9.69 Å². The van der Waals surface area contributed by atoms with Crippen LogP contribution in [0.15, 0.2) is 76.1 Å². The maximum atomic E-state index is 12.8. The van der Waals surface area contributed by atoms with Gasteiger partial charge >= 0.3 is 5.97 Å². The van der Waals surface area contributed by atoms with Crippen molar-refractivity contribution in [3.8, 4) is 5.75 Å². The number of carbonyl (C=O) groups excluding carboxylic acids is 2. The quantitative estimate of drug-likeness (QED) is 0.351. The molecule has 1 aliphatic heterocycles. The molecule has 1 fully saturated rings. The van der Waals surface area contributed by atoms with Gasteiger partial charge in [-0.3, -0.25) is 9.59 Å². The molecule has 0 bridgehead atoms. The van der Waals surface area contributed by atoms with Gasteiger partial charge in [-0.1, -0.05) is 29.8 Å². The van der Waals surface area contributed by atoms with Crippen molar-refractivity contribution in [2.75, 3.05) is 4.90 Å². The minimum absolute atomic E-state index is 0.193. The molecule has 6 nitrogen and oxygen atoms in total. The number of thioether (sulfide) groups is 1. The van der Waals surface area contributed by atoms with E-state index in [0.29, 0.717) is 31.4 Å². The SMILES string of the molecule is O=C(O)c1cccc(COc2ccc(/C=C3/SC(=O)N(c4ccc(Cl)cc4)C3=O)cc2Br)c1. The minimum Gasteiger partial charge on any atom is -0.488 e. The Kier molecular flexibility index (Phi) is 6.88. The van der Waals surface area contributed by atoms with Gasteiger partial charge in [0.05, 0.1) is 20.6 Å². The smallest absolute Gasteiger partial charge is 0.335 e. The van der Waals surface area contributed by atoms with Crippen LogP contribution in [0, 0.1) is 0 Å². The van der Waals surface area contributed by atoms with E-state index in [-0.39, 0.29) is 17.4 Å². The second-order valence-corrected chi connectivity index (χ2v) is 9.26. The Hall–Kier alpha value is -3.07. The Labute approximate surface area is 206 Å². The van der Waals surface area contributed by atoms with Crippen LogP contribution in [-0.2, 0) is 11.4 Å². The van der Waals surface area contributed by atoms with Crippen molar-refractivity contribution in [2.45, 2.75) is 6.61 Å². The molecule has 2 amide bonds. The van der Waals surface area contributed by atoms with E-state index in [1.807, 2.05) is 0 Å². The number of aromatic carboxylic acids is 1. The van der Waals surface area contributed by atoms with Gasteiger partial charge in [0.15, 0.2) is 0 Å². The van der Waals surface area contributed by atoms with E-state index in [0.717, 1.165) is 22.2 Å². The number of benzene rings is 3. The van der Waals surface area contributed by atoms with Gasteiger partial charge in [0.25, 0.3) is 11.1 Å². The highest BCUT2D eigenvalue weighted by atomic mass is 79.9. The molecule has 0 aliphatic carbocycles. The molecular weight excluding hydrogens is 530 g/mol. The Balaban J connectivity index is 1.48. The van der Waals surface area contributed by atoms with Gasteiger partial charge in [-0.15, -0.1) is 0 Å². The molecular formula is C24H15BrClNO5S. The van der Waals surface area contributed by atoms with Crippen molar-refractivity contribution in [1.29, 1.82) is 0 Å². The zero-order chi connectivity index (χ0) is 23.5. The van der Waals surface area contributed by atoms with Crippen molar-refractivity contribution in [3.63, 3.8) is 0 Å². The molecule has 0 atom stereocenters. The number of rotatable bonds is 6. The Morgan fingerprint density at radius 1 is 1.09 bits per heavy atom. The summed E-state index contributed by atoms with van der Waals surface area (Å²) >= 11 is 10.2. The third-order valence-corrected chi connectivity index (χ3v) is 6.44.